The zero-order valence-electron chi connectivity index (χ0n) is 18.2. The summed E-state index contributed by atoms with van der Waals surface area (Å²) in [6.45, 7) is 10.5. The highest BCUT2D eigenvalue weighted by atomic mass is 32.2. The average Bonchev–Trinajstić information content (AvgIpc) is 3.20. The van der Waals surface area contributed by atoms with Gasteiger partial charge in [0.05, 0.1) is 27.3 Å². The fraction of sp³-hybridized carbons (Fsp3) is 0.545. The number of nitrogens with zero attached hydrogens (tertiary/aromatic N) is 5. The highest BCUT2D eigenvalue weighted by molar-refractivity contribution is 7.93. The maximum Gasteiger partial charge on any atom is 0.225 e. The number of aromatic nitrogens is 2. The van der Waals surface area contributed by atoms with E-state index in [1.807, 2.05) is 13.8 Å². The van der Waals surface area contributed by atoms with Gasteiger partial charge in [0.2, 0.25) is 5.95 Å². The fourth-order valence-corrected chi connectivity index (χ4v) is 5.52. The van der Waals surface area contributed by atoms with Crippen molar-refractivity contribution in [3.8, 4) is 5.75 Å². The van der Waals surface area contributed by atoms with Gasteiger partial charge in [-0.3, -0.25) is 4.90 Å². The molecule has 8 heteroatoms. The number of hydrogen-bond donors (Lipinski definition) is 0. The van der Waals surface area contributed by atoms with Gasteiger partial charge in [0.15, 0.2) is 0 Å². The van der Waals surface area contributed by atoms with E-state index in [1.54, 1.807) is 18.6 Å². The lowest BCUT2D eigenvalue weighted by atomic mass is 10.0. The van der Waals surface area contributed by atoms with Crippen LogP contribution in [0.3, 0.4) is 0 Å². The van der Waals surface area contributed by atoms with E-state index in [2.05, 4.69) is 49.3 Å². The number of fused-ring (bicyclic) bond motifs is 1. The van der Waals surface area contributed by atoms with Gasteiger partial charge in [-0.1, -0.05) is 12.1 Å². The van der Waals surface area contributed by atoms with Gasteiger partial charge in [-0.05, 0) is 38.0 Å². The van der Waals surface area contributed by atoms with E-state index in [0.29, 0.717) is 16.9 Å². The number of ether oxygens (including phenoxy) is 1. The topological polar surface area (TPSA) is 70.9 Å². The first-order valence-corrected chi connectivity index (χ1v) is 12.5. The third-order valence-corrected chi connectivity index (χ3v) is 7.72. The summed E-state index contributed by atoms with van der Waals surface area (Å²) in [5.74, 6) is 1.74. The van der Waals surface area contributed by atoms with Crippen LogP contribution in [0.4, 0.5) is 5.95 Å². The molecule has 0 bridgehead atoms. The Morgan fingerprint density at radius 3 is 2.47 bits per heavy atom. The zero-order chi connectivity index (χ0) is 21.3. The van der Waals surface area contributed by atoms with Crippen LogP contribution in [0.5, 0.6) is 5.75 Å². The molecule has 3 heterocycles. The van der Waals surface area contributed by atoms with Gasteiger partial charge in [-0.25, -0.2) is 18.5 Å². The molecule has 2 aliphatic rings. The van der Waals surface area contributed by atoms with Crippen molar-refractivity contribution in [3.05, 3.63) is 41.7 Å². The van der Waals surface area contributed by atoms with Crippen molar-refractivity contribution in [2.75, 3.05) is 43.9 Å². The summed E-state index contributed by atoms with van der Waals surface area (Å²) >= 11 is 0. The average molecular weight is 430 g/mol. The van der Waals surface area contributed by atoms with Crippen LogP contribution in [0, 0.1) is 0 Å². The van der Waals surface area contributed by atoms with Crippen LogP contribution in [-0.4, -0.2) is 64.2 Å². The fourth-order valence-electron chi connectivity index (χ4n) is 4.09. The van der Waals surface area contributed by atoms with Gasteiger partial charge in [-0.15, -0.1) is 0 Å². The molecule has 7 nitrogen and oxygen atoms in total. The smallest absolute Gasteiger partial charge is 0.225 e. The Bertz CT molecular complexity index is 1010. The minimum atomic E-state index is -2.45. The predicted octanol–water partition coefficient (Wildman–Crippen LogP) is 3.16. The molecular formula is C22H31N5O2S. The van der Waals surface area contributed by atoms with E-state index in [9.17, 15) is 4.21 Å². The molecular weight excluding hydrogens is 398 g/mol. The van der Waals surface area contributed by atoms with E-state index in [-0.39, 0.29) is 6.04 Å². The summed E-state index contributed by atoms with van der Waals surface area (Å²) in [5, 5.41) is 0. The lowest BCUT2D eigenvalue weighted by Gasteiger charge is -2.38. The van der Waals surface area contributed by atoms with Crippen LogP contribution in [0.1, 0.15) is 37.9 Å². The van der Waals surface area contributed by atoms with Crippen molar-refractivity contribution in [2.45, 2.75) is 44.2 Å². The summed E-state index contributed by atoms with van der Waals surface area (Å²) in [6.07, 6.45) is 5.99. The van der Waals surface area contributed by atoms with Gasteiger partial charge in [0.25, 0.3) is 0 Å². The predicted molar refractivity (Wildman–Crippen MR) is 120 cm³/mol. The second-order valence-electron chi connectivity index (χ2n) is 8.39. The van der Waals surface area contributed by atoms with Crippen molar-refractivity contribution in [1.29, 1.82) is 0 Å². The first kappa shape index (κ1) is 21.1. The van der Waals surface area contributed by atoms with Crippen molar-refractivity contribution >= 4 is 15.7 Å². The van der Waals surface area contributed by atoms with Crippen molar-refractivity contribution < 1.29 is 8.95 Å². The first-order chi connectivity index (χ1) is 14.3. The summed E-state index contributed by atoms with van der Waals surface area (Å²) in [7, 11) is -2.45. The maximum atomic E-state index is 12.7. The third kappa shape index (κ3) is 4.44. The van der Waals surface area contributed by atoms with Gasteiger partial charge >= 0.3 is 0 Å². The van der Waals surface area contributed by atoms with Crippen LogP contribution >= 0.6 is 0 Å². The summed E-state index contributed by atoms with van der Waals surface area (Å²) in [4.78, 5) is 14.2. The van der Waals surface area contributed by atoms with Crippen LogP contribution in [0.2, 0.25) is 0 Å². The molecule has 0 aliphatic carbocycles. The molecule has 0 saturated carbocycles. The van der Waals surface area contributed by atoms with E-state index in [4.69, 9.17) is 4.74 Å². The highest BCUT2D eigenvalue weighted by Crippen LogP contribution is 2.31. The molecule has 0 radical (unpaired) electrons. The lowest BCUT2D eigenvalue weighted by molar-refractivity contribution is 0.197. The first-order valence-electron chi connectivity index (χ1n) is 10.6. The van der Waals surface area contributed by atoms with Crippen LogP contribution < -0.4 is 9.64 Å². The minimum Gasteiger partial charge on any atom is -0.493 e. The lowest BCUT2D eigenvalue weighted by Crippen LogP contribution is -2.47. The number of anilines is 1. The number of rotatable bonds is 5. The zero-order valence-corrected chi connectivity index (χ0v) is 19.1. The molecule has 2 aromatic rings. The van der Waals surface area contributed by atoms with Crippen molar-refractivity contribution in [2.24, 2.45) is 4.36 Å². The normalized spacial score (nSPS) is 19.8. The number of hydrogen-bond acceptors (Lipinski definition) is 7. The molecule has 0 N–H and O–H groups in total. The number of benzene rings is 1. The summed E-state index contributed by atoms with van der Waals surface area (Å²) < 4.78 is 22.8. The molecule has 1 saturated heterocycles. The Morgan fingerprint density at radius 2 is 1.80 bits per heavy atom. The molecule has 1 fully saturated rings. The number of piperazine rings is 1. The van der Waals surface area contributed by atoms with Gasteiger partial charge in [-0.2, -0.15) is 0 Å². The second-order valence-corrected chi connectivity index (χ2v) is 10.7. The van der Waals surface area contributed by atoms with Gasteiger partial charge in [0, 0.05) is 57.3 Å². The van der Waals surface area contributed by atoms with Crippen molar-refractivity contribution in [3.63, 3.8) is 0 Å². The Hall–Kier alpha value is -2.19. The van der Waals surface area contributed by atoms with Gasteiger partial charge < -0.3 is 9.64 Å². The Morgan fingerprint density at radius 1 is 1.10 bits per heavy atom. The maximum absolute atomic E-state index is 12.7. The van der Waals surface area contributed by atoms with Crippen LogP contribution in [0.25, 0.3) is 0 Å². The molecule has 2 aliphatic heterocycles. The molecule has 0 amide bonds. The third-order valence-electron chi connectivity index (χ3n) is 5.81. The summed E-state index contributed by atoms with van der Waals surface area (Å²) in [6, 6.07) is 6.99. The summed E-state index contributed by atoms with van der Waals surface area (Å²) in [5.41, 5.74) is 2.62. The SMILES string of the molecule is CC(C)N=[S@@](C)(=O)c1cnc(N2CCN([C@H](C)c3ccc4c(c3)OCC4)CC2)nc1. The van der Waals surface area contributed by atoms with Crippen LogP contribution in [-0.2, 0) is 16.1 Å². The van der Waals surface area contributed by atoms with E-state index < -0.39 is 9.73 Å². The largest absolute Gasteiger partial charge is 0.493 e. The standard InChI is InChI=1S/C22H31N5O2S/c1-16(2)25-30(4,28)20-14-23-22(24-15-20)27-10-8-26(9-11-27)17(3)19-6-5-18-7-12-29-21(18)13-19/h5-6,13-17H,7-12H2,1-4H3/t17-,30+/m1/s1. The van der Waals surface area contributed by atoms with Crippen LogP contribution in [0.15, 0.2) is 39.9 Å². The second kappa shape index (κ2) is 8.51. The quantitative estimate of drug-likeness (QED) is 0.727. The molecule has 4 rings (SSSR count). The molecule has 162 valence electrons. The monoisotopic (exact) mass is 429 g/mol. The molecule has 0 spiro atoms. The minimum absolute atomic E-state index is 0.00878. The molecule has 1 aromatic heterocycles. The Labute approximate surface area is 179 Å². The molecule has 0 unspecified atom stereocenters. The molecule has 2 atom stereocenters. The van der Waals surface area contributed by atoms with E-state index in [0.717, 1.165) is 45.0 Å². The Balaban J connectivity index is 1.39. The Kier molecular flexibility index (Phi) is 5.97. The van der Waals surface area contributed by atoms with E-state index in [1.165, 1.54) is 11.1 Å². The highest BCUT2D eigenvalue weighted by Gasteiger charge is 2.25. The molecule has 30 heavy (non-hydrogen) atoms. The van der Waals surface area contributed by atoms with Crippen molar-refractivity contribution in [1.82, 2.24) is 14.9 Å². The van der Waals surface area contributed by atoms with E-state index >= 15 is 0 Å². The molecule has 1 aromatic carbocycles. The van der Waals surface area contributed by atoms with Gasteiger partial charge in [0.1, 0.15) is 5.75 Å².